The van der Waals surface area contributed by atoms with Crippen molar-refractivity contribution in [2.24, 2.45) is 34.5 Å². The van der Waals surface area contributed by atoms with Crippen molar-refractivity contribution < 1.29 is 55.4 Å². The molecule has 10 nitrogen and oxygen atoms in total. The predicted molar refractivity (Wildman–Crippen MR) is 134 cm³/mol. The maximum Gasteiger partial charge on any atom is 0.402 e. The lowest BCUT2D eigenvalue weighted by molar-refractivity contribution is -0.181. The highest BCUT2D eigenvalue weighted by Crippen LogP contribution is 2.54. The van der Waals surface area contributed by atoms with Crippen LogP contribution >= 0.6 is 0 Å². The Morgan fingerprint density at radius 3 is 2.48 bits per heavy atom. The van der Waals surface area contributed by atoms with Crippen LogP contribution in [-0.4, -0.2) is 73.6 Å². The third-order valence-corrected chi connectivity index (χ3v) is 10.7. The number of hydrogen-bond donors (Lipinski definition) is 2. The molecule has 5 rings (SSSR count). The maximum absolute atomic E-state index is 13.7. The van der Waals surface area contributed by atoms with Gasteiger partial charge in [-0.1, -0.05) is 19.8 Å². The number of carbonyl (C=O) groups excluding carboxylic acids is 2. The van der Waals surface area contributed by atoms with E-state index in [4.69, 9.17) is 23.5 Å². The van der Waals surface area contributed by atoms with Gasteiger partial charge in [-0.2, -0.15) is 17.2 Å². The summed E-state index contributed by atoms with van der Waals surface area (Å²) in [6, 6.07) is 0. The Morgan fingerprint density at radius 1 is 1.00 bits per heavy atom. The summed E-state index contributed by atoms with van der Waals surface area (Å²) in [6.07, 6.45) is 5.33. The van der Waals surface area contributed by atoms with E-state index in [-0.39, 0.29) is 37.4 Å². The minimum absolute atomic E-state index is 0.0142. The van der Waals surface area contributed by atoms with E-state index in [1.165, 1.54) is 0 Å². The van der Waals surface area contributed by atoms with E-state index >= 15 is 0 Å². The second-order valence-electron chi connectivity index (χ2n) is 13.2. The summed E-state index contributed by atoms with van der Waals surface area (Å²) >= 11 is 0. The molecule has 4 aliphatic carbocycles. The van der Waals surface area contributed by atoms with Gasteiger partial charge in [-0.25, -0.2) is 0 Å². The first kappa shape index (κ1) is 30.1. The molecule has 13 heteroatoms. The fraction of sp³-hybridized carbons (Fsp3) is 0.926. The first-order valence-electron chi connectivity index (χ1n) is 14.3. The van der Waals surface area contributed by atoms with Gasteiger partial charge < -0.3 is 24.1 Å². The van der Waals surface area contributed by atoms with Crippen molar-refractivity contribution >= 4 is 22.1 Å². The molecule has 0 aromatic carbocycles. The van der Waals surface area contributed by atoms with Crippen molar-refractivity contribution in [3.05, 3.63) is 0 Å². The molecule has 2 N–H and O–H groups in total. The maximum atomic E-state index is 13.7. The van der Waals surface area contributed by atoms with Crippen molar-refractivity contribution in [3.63, 3.8) is 0 Å². The fourth-order valence-corrected chi connectivity index (χ4v) is 8.63. The van der Waals surface area contributed by atoms with E-state index < -0.39 is 57.3 Å². The number of aliphatic hydroxyl groups excluding tert-OH is 1. The molecule has 1 aliphatic heterocycles. The standard InChI is InChI=1S/C27H40F2O10S/c1-16-5-18-7-20(30)12-26(8-16,10-18)24(32)37-14-21-13-36-22(39-21)19-6-17-3-2-4-25(9-17,11-19)23(31)38-15-27(28,29)40(33,34)35/h16-22,30H,2-15H2,1H3,(H,33,34,35). The summed E-state index contributed by atoms with van der Waals surface area (Å²) in [5.74, 6) is -0.586. The Labute approximate surface area is 233 Å². The van der Waals surface area contributed by atoms with Crippen LogP contribution in [0.1, 0.15) is 77.6 Å². The number of aliphatic hydroxyl groups is 1. The molecule has 9 atom stereocenters. The highest BCUT2D eigenvalue weighted by atomic mass is 32.2. The summed E-state index contributed by atoms with van der Waals surface area (Å²) in [5.41, 5.74) is -1.73. The molecule has 5 aliphatic rings. The SMILES string of the molecule is CC1CC2CC(O)CC(C(=O)OCC3COC(C4CC5CCCC(C(=O)OCC(F)(F)S(=O)(=O)O)(C5)C4)O3)(C1)C2. The molecule has 1 saturated heterocycles. The van der Waals surface area contributed by atoms with Crippen LogP contribution in [0.15, 0.2) is 0 Å². The van der Waals surface area contributed by atoms with E-state index in [1.54, 1.807) is 0 Å². The van der Waals surface area contributed by atoms with Crippen LogP contribution in [0.2, 0.25) is 0 Å². The van der Waals surface area contributed by atoms with Crippen LogP contribution in [0.25, 0.3) is 0 Å². The molecule has 9 unspecified atom stereocenters. The number of rotatable bonds is 8. The lowest BCUT2D eigenvalue weighted by atomic mass is 9.58. The molecule has 5 fully saturated rings. The van der Waals surface area contributed by atoms with Crippen LogP contribution in [-0.2, 0) is 38.7 Å². The highest BCUT2D eigenvalue weighted by Gasteiger charge is 2.54. The Morgan fingerprint density at radius 2 is 1.73 bits per heavy atom. The van der Waals surface area contributed by atoms with E-state index in [1.807, 2.05) is 0 Å². The second kappa shape index (κ2) is 11.0. The molecule has 40 heavy (non-hydrogen) atoms. The Hall–Kier alpha value is -1.41. The van der Waals surface area contributed by atoms with Crippen LogP contribution in [0, 0.1) is 34.5 Å². The topological polar surface area (TPSA) is 146 Å². The number of fused-ring (bicyclic) bond motifs is 4. The third-order valence-electron chi connectivity index (χ3n) is 9.80. The van der Waals surface area contributed by atoms with E-state index in [0.29, 0.717) is 50.4 Å². The van der Waals surface area contributed by atoms with Gasteiger partial charge in [0.15, 0.2) is 12.9 Å². The normalized spacial score (nSPS) is 41.8. The number of alkyl halides is 2. The van der Waals surface area contributed by atoms with Gasteiger partial charge in [-0.3, -0.25) is 14.1 Å². The smallest absolute Gasteiger partial charge is 0.402 e. The quantitative estimate of drug-likeness (QED) is 0.316. The average molecular weight is 595 g/mol. The zero-order valence-electron chi connectivity index (χ0n) is 22.8. The van der Waals surface area contributed by atoms with Crippen LogP contribution in [0.3, 0.4) is 0 Å². The minimum Gasteiger partial charge on any atom is -0.462 e. The number of hydrogen-bond acceptors (Lipinski definition) is 9. The Balaban J connectivity index is 1.17. The second-order valence-corrected chi connectivity index (χ2v) is 14.7. The van der Waals surface area contributed by atoms with E-state index in [9.17, 15) is 31.9 Å². The van der Waals surface area contributed by atoms with Gasteiger partial charge in [0.2, 0.25) is 0 Å². The highest BCUT2D eigenvalue weighted by molar-refractivity contribution is 7.86. The van der Waals surface area contributed by atoms with Crippen molar-refractivity contribution in [2.45, 2.75) is 101 Å². The molecular formula is C27H40F2O10S. The lowest BCUT2D eigenvalue weighted by Crippen LogP contribution is -2.48. The van der Waals surface area contributed by atoms with E-state index in [0.717, 1.165) is 25.7 Å². The molecule has 0 amide bonds. The minimum atomic E-state index is -5.71. The average Bonchev–Trinajstić information content (AvgIpc) is 3.33. The van der Waals surface area contributed by atoms with Gasteiger partial charge in [0, 0.05) is 5.92 Å². The summed E-state index contributed by atoms with van der Waals surface area (Å²) < 4.78 is 80.4. The van der Waals surface area contributed by atoms with Crippen molar-refractivity contribution in [3.8, 4) is 0 Å². The summed E-state index contributed by atoms with van der Waals surface area (Å²) in [4.78, 5) is 26.2. The summed E-state index contributed by atoms with van der Waals surface area (Å²) in [7, 11) is -5.71. The molecule has 0 aromatic rings. The van der Waals surface area contributed by atoms with E-state index in [2.05, 4.69) is 6.92 Å². The zero-order valence-corrected chi connectivity index (χ0v) is 23.6. The molecular weight excluding hydrogens is 554 g/mol. The van der Waals surface area contributed by atoms with Crippen molar-refractivity contribution in [2.75, 3.05) is 19.8 Å². The largest absolute Gasteiger partial charge is 0.462 e. The molecule has 4 saturated carbocycles. The first-order chi connectivity index (χ1) is 18.7. The Bertz CT molecular complexity index is 1060. The number of ether oxygens (including phenoxy) is 4. The Kier molecular flexibility index (Phi) is 8.28. The number of esters is 2. The molecule has 228 valence electrons. The van der Waals surface area contributed by atoms with Gasteiger partial charge in [0.05, 0.1) is 23.5 Å². The van der Waals surface area contributed by atoms with Crippen molar-refractivity contribution in [1.29, 1.82) is 0 Å². The van der Waals surface area contributed by atoms with Gasteiger partial charge in [-0.05, 0) is 75.5 Å². The van der Waals surface area contributed by atoms with Gasteiger partial charge >= 0.3 is 27.3 Å². The predicted octanol–water partition coefficient (Wildman–Crippen LogP) is 3.46. The first-order valence-corrected chi connectivity index (χ1v) is 15.8. The van der Waals surface area contributed by atoms with Crippen LogP contribution < -0.4 is 0 Å². The molecule has 1 heterocycles. The van der Waals surface area contributed by atoms with Gasteiger partial charge in [0.25, 0.3) is 0 Å². The summed E-state index contributed by atoms with van der Waals surface area (Å²) in [6.45, 7) is 0.600. The van der Waals surface area contributed by atoms with Crippen molar-refractivity contribution in [1.82, 2.24) is 0 Å². The summed E-state index contributed by atoms with van der Waals surface area (Å²) in [5, 5.41) is 5.76. The number of halogens is 2. The monoisotopic (exact) mass is 594 g/mol. The lowest BCUT2D eigenvalue weighted by Gasteiger charge is -2.47. The molecule has 0 aromatic heterocycles. The molecule has 0 radical (unpaired) electrons. The van der Waals surface area contributed by atoms with Gasteiger partial charge in [0.1, 0.15) is 12.7 Å². The zero-order chi connectivity index (χ0) is 28.9. The molecule has 4 bridgehead atoms. The number of carbonyl (C=O) groups is 2. The molecule has 0 spiro atoms. The third kappa shape index (κ3) is 6.04. The van der Waals surface area contributed by atoms with Crippen LogP contribution in [0.5, 0.6) is 0 Å². The van der Waals surface area contributed by atoms with Crippen LogP contribution in [0.4, 0.5) is 8.78 Å². The van der Waals surface area contributed by atoms with Gasteiger partial charge in [-0.15, -0.1) is 0 Å². The fourth-order valence-electron chi connectivity index (χ4n) is 8.42.